The molecule has 0 aliphatic carbocycles. The molecule has 64 valence electrons. The molecule has 1 aromatic heterocycles. The molecule has 1 aromatic carbocycles. The van der Waals surface area contributed by atoms with Gasteiger partial charge in [0.15, 0.2) is 0 Å². The number of nitrogens with one attached hydrogen (secondary N) is 1. The van der Waals surface area contributed by atoms with Crippen LogP contribution in [0.25, 0.3) is 10.9 Å². The number of aromatic nitrogens is 1. The summed E-state index contributed by atoms with van der Waals surface area (Å²) in [6, 6.07) is 7.18. The van der Waals surface area contributed by atoms with E-state index in [2.05, 4.69) is 9.98 Å². The summed E-state index contributed by atoms with van der Waals surface area (Å²) in [6.07, 6.45) is 1.47. The molecule has 0 spiro atoms. The Hall–Kier alpha value is -1.57. The van der Waals surface area contributed by atoms with E-state index in [0.717, 1.165) is 10.9 Å². The molecule has 0 unspecified atom stereocenters. The van der Waals surface area contributed by atoms with Gasteiger partial charge in [0.05, 0.1) is 0 Å². The molecule has 0 aliphatic heterocycles. The van der Waals surface area contributed by atoms with Crippen LogP contribution in [0.15, 0.2) is 29.3 Å². The highest BCUT2D eigenvalue weighted by Gasteiger charge is 1.99. The van der Waals surface area contributed by atoms with Crippen molar-refractivity contribution in [2.75, 3.05) is 0 Å². The van der Waals surface area contributed by atoms with Gasteiger partial charge in [0, 0.05) is 15.9 Å². The Morgan fingerprint density at radius 1 is 1.38 bits per heavy atom. The fraction of sp³-hybridized carbons (Fsp3) is 0. The summed E-state index contributed by atoms with van der Waals surface area (Å²) < 4.78 is 0. The largest absolute Gasteiger partial charge is 0.339 e. The van der Waals surface area contributed by atoms with Crippen molar-refractivity contribution in [3.63, 3.8) is 0 Å². The first kappa shape index (κ1) is 8.05. The molecule has 0 atom stereocenters. The molecule has 2 rings (SSSR count). The third kappa shape index (κ3) is 1.47. The predicted octanol–water partition coefficient (Wildman–Crippen LogP) is 2.79. The Labute approximate surface area is 79.0 Å². The van der Waals surface area contributed by atoms with Gasteiger partial charge >= 0.3 is 0 Å². The molecule has 1 N–H and O–H groups in total. The summed E-state index contributed by atoms with van der Waals surface area (Å²) in [5.41, 5.74) is 0.863. The molecule has 0 saturated carbocycles. The van der Waals surface area contributed by atoms with Crippen molar-refractivity contribution in [1.29, 1.82) is 0 Å². The number of halogens is 1. The van der Waals surface area contributed by atoms with Gasteiger partial charge in [-0.15, -0.1) is 4.99 Å². The molecule has 2 aromatic rings. The van der Waals surface area contributed by atoms with Crippen LogP contribution in [0.1, 0.15) is 0 Å². The van der Waals surface area contributed by atoms with Crippen LogP contribution in [0.5, 0.6) is 0 Å². The zero-order valence-corrected chi connectivity index (χ0v) is 7.30. The summed E-state index contributed by atoms with van der Waals surface area (Å²) in [5, 5.41) is 1.62. The minimum absolute atomic E-state index is 0.493. The van der Waals surface area contributed by atoms with Crippen molar-refractivity contribution in [3.8, 4) is 0 Å². The molecule has 4 heteroatoms. The number of fused-ring (bicyclic) bond motifs is 1. The van der Waals surface area contributed by atoms with Gasteiger partial charge in [-0.25, -0.2) is 4.79 Å². The normalized spacial score (nSPS) is 9.92. The summed E-state index contributed by atoms with van der Waals surface area (Å²) in [6.45, 7) is 0. The van der Waals surface area contributed by atoms with Crippen molar-refractivity contribution >= 4 is 34.4 Å². The first-order valence-electron chi connectivity index (χ1n) is 3.66. The quantitative estimate of drug-likeness (QED) is 0.548. The fourth-order valence-electron chi connectivity index (χ4n) is 1.19. The number of rotatable bonds is 1. The van der Waals surface area contributed by atoms with Gasteiger partial charge in [-0.3, -0.25) is 0 Å². The van der Waals surface area contributed by atoms with Crippen LogP contribution in [-0.2, 0) is 4.79 Å². The number of aromatic amines is 1. The van der Waals surface area contributed by atoms with E-state index in [-0.39, 0.29) is 0 Å². The first-order chi connectivity index (χ1) is 6.29. The number of nitrogens with zero attached hydrogens (tertiary/aromatic N) is 1. The monoisotopic (exact) mass is 192 g/mol. The molecule has 0 amide bonds. The Balaban J connectivity index is 2.68. The molecular weight excluding hydrogens is 188 g/mol. The van der Waals surface area contributed by atoms with Crippen LogP contribution in [-0.4, -0.2) is 11.1 Å². The number of H-pyrrole nitrogens is 1. The lowest BCUT2D eigenvalue weighted by Crippen LogP contribution is -1.66. The van der Waals surface area contributed by atoms with Gasteiger partial charge in [-0.2, -0.15) is 0 Å². The van der Waals surface area contributed by atoms with Crippen LogP contribution in [0.3, 0.4) is 0 Å². The van der Waals surface area contributed by atoms with Crippen molar-refractivity contribution < 1.29 is 4.79 Å². The van der Waals surface area contributed by atoms with Crippen molar-refractivity contribution in [1.82, 2.24) is 4.98 Å². The van der Waals surface area contributed by atoms with Gasteiger partial charge in [-0.1, -0.05) is 17.7 Å². The van der Waals surface area contributed by atoms with Gasteiger partial charge < -0.3 is 4.98 Å². The molecule has 0 saturated heterocycles. The lowest BCUT2D eigenvalue weighted by atomic mass is 10.2. The van der Waals surface area contributed by atoms with Crippen LogP contribution in [0.2, 0.25) is 5.02 Å². The Kier molecular flexibility index (Phi) is 1.89. The Morgan fingerprint density at radius 2 is 2.23 bits per heavy atom. The van der Waals surface area contributed by atoms with E-state index in [1.165, 1.54) is 6.08 Å². The molecule has 0 bridgehead atoms. The molecule has 0 radical (unpaired) electrons. The molecule has 0 aliphatic rings. The summed E-state index contributed by atoms with van der Waals surface area (Å²) in [7, 11) is 0. The number of isocyanates is 1. The number of hydrogen-bond acceptors (Lipinski definition) is 2. The van der Waals surface area contributed by atoms with E-state index in [0.29, 0.717) is 10.8 Å². The van der Waals surface area contributed by atoms with Crippen LogP contribution in [0.4, 0.5) is 5.82 Å². The Morgan fingerprint density at radius 3 is 3.00 bits per heavy atom. The molecule has 1 heterocycles. The second-order valence-electron chi connectivity index (χ2n) is 2.59. The zero-order valence-electron chi connectivity index (χ0n) is 6.54. The summed E-state index contributed by atoms with van der Waals surface area (Å²) in [5.74, 6) is 0.493. The minimum Gasteiger partial charge on any atom is -0.339 e. The SMILES string of the molecule is O=C=Nc1cc2ccc(Cl)cc2[nH]1. The lowest BCUT2D eigenvalue weighted by molar-refractivity contribution is 0.565. The number of hydrogen-bond donors (Lipinski definition) is 1. The van der Waals surface area contributed by atoms with Gasteiger partial charge in [-0.05, 0) is 18.2 Å². The van der Waals surface area contributed by atoms with E-state index >= 15 is 0 Å². The van der Waals surface area contributed by atoms with E-state index in [4.69, 9.17) is 11.6 Å². The van der Waals surface area contributed by atoms with Gasteiger partial charge in [0.1, 0.15) is 5.82 Å². The average molecular weight is 193 g/mol. The topological polar surface area (TPSA) is 45.2 Å². The van der Waals surface area contributed by atoms with Gasteiger partial charge in [0.2, 0.25) is 6.08 Å². The number of aliphatic imine (C=N–C) groups is 1. The standard InChI is InChI=1S/C9H5ClN2O/c10-7-2-1-6-3-9(11-5-13)12-8(6)4-7/h1-4,12H. The lowest BCUT2D eigenvalue weighted by Gasteiger charge is -1.88. The number of benzene rings is 1. The summed E-state index contributed by atoms with van der Waals surface area (Å²) >= 11 is 5.78. The third-order valence-electron chi connectivity index (χ3n) is 1.74. The molecular formula is C9H5ClN2O. The maximum Gasteiger partial charge on any atom is 0.242 e. The minimum atomic E-state index is 0.493. The van der Waals surface area contributed by atoms with Crippen molar-refractivity contribution in [2.45, 2.75) is 0 Å². The number of carbonyl (C=O) groups excluding carboxylic acids is 1. The average Bonchev–Trinajstić information content (AvgIpc) is 2.46. The van der Waals surface area contributed by atoms with E-state index < -0.39 is 0 Å². The van der Waals surface area contributed by atoms with Crippen LogP contribution >= 0.6 is 11.6 Å². The highest BCUT2D eigenvalue weighted by atomic mass is 35.5. The maximum atomic E-state index is 9.98. The third-order valence-corrected chi connectivity index (χ3v) is 1.97. The second-order valence-corrected chi connectivity index (χ2v) is 3.03. The molecule has 0 fully saturated rings. The van der Waals surface area contributed by atoms with E-state index in [1.807, 2.05) is 6.07 Å². The Bertz CT molecular complexity index is 497. The van der Waals surface area contributed by atoms with Crippen LogP contribution in [0, 0.1) is 0 Å². The molecule has 3 nitrogen and oxygen atoms in total. The van der Waals surface area contributed by atoms with E-state index in [9.17, 15) is 4.79 Å². The van der Waals surface area contributed by atoms with Gasteiger partial charge in [0.25, 0.3) is 0 Å². The highest BCUT2D eigenvalue weighted by Crippen LogP contribution is 2.23. The predicted molar refractivity (Wildman–Crippen MR) is 51.1 cm³/mol. The second kappa shape index (κ2) is 3.05. The highest BCUT2D eigenvalue weighted by molar-refractivity contribution is 6.31. The van der Waals surface area contributed by atoms with Crippen molar-refractivity contribution in [3.05, 3.63) is 29.3 Å². The zero-order chi connectivity index (χ0) is 9.26. The van der Waals surface area contributed by atoms with Crippen molar-refractivity contribution in [2.24, 2.45) is 4.99 Å². The van der Waals surface area contributed by atoms with E-state index in [1.54, 1.807) is 18.2 Å². The smallest absolute Gasteiger partial charge is 0.242 e. The maximum absolute atomic E-state index is 9.98. The van der Waals surface area contributed by atoms with Crippen LogP contribution < -0.4 is 0 Å². The fourth-order valence-corrected chi connectivity index (χ4v) is 1.37. The molecule has 13 heavy (non-hydrogen) atoms. The summed E-state index contributed by atoms with van der Waals surface area (Å²) in [4.78, 5) is 16.4. The first-order valence-corrected chi connectivity index (χ1v) is 4.03.